The van der Waals surface area contributed by atoms with Crippen molar-refractivity contribution < 1.29 is 14.7 Å². The van der Waals surface area contributed by atoms with Crippen LogP contribution in [0.4, 0.5) is 0 Å². The number of hydrogen-bond donors (Lipinski definition) is 1. The molecule has 0 bridgehead atoms. The second-order valence-electron chi connectivity index (χ2n) is 2.37. The lowest BCUT2D eigenvalue weighted by Gasteiger charge is -1.96. The summed E-state index contributed by atoms with van der Waals surface area (Å²) in [5, 5.41) is 8.56. The average molecular weight is 180 g/mol. The van der Waals surface area contributed by atoms with Gasteiger partial charge in [-0.2, -0.15) is 0 Å². The highest BCUT2D eigenvalue weighted by Gasteiger charge is 2.09. The maximum absolute atomic E-state index is 11.1. The molecule has 1 heterocycles. The number of carboxylic acid groups (broad SMARTS) is 1. The summed E-state index contributed by atoms with van der Waals surface area (Å²) >= 11 is 0. The number of rotatable bonds is 3. The Morgan fingerprint density at radius 1 is 1.38 bits per heavy atom. The second kappa shape index (κ2) is 3.75. The average Bonchev–Trinajstić information content (AvgIpc) is 2.17. The third-order valence-electron chi connectivity index (χ3n) is 1.49. The van der Waals surface area contributed by atoms with E-state index in [1.807, 2.05) is 0 Å². The van der Waals surface area contributed by atoms with E-state index in [0.29, 0.717) is 6.42 Å². The summed E-state index contributed by atoms with van der Waals surface area (Å²) in [7, 11) is 0. The molecule has 0 aliphatic heterocycles. The van der Waals surface area contributed by atoms with Gasteiger partial charge >= 0.3 is 5.97 Å². The van der Waals surface area contributed by atoms with E-state index in [4.69, 9.17) is 5.11 Å². The monoisotopic (exact) mass is 180 g/mol. The number of Topliss-reactive ketones (excluding diaryl/α,β-unsaturated/α-hetero) is 1. The van der Waals surface area contributed by atoms with E-state index in [-0.39, 0.29) is 17.2 Å². The molecule has 0 radical (unpaired) electrons. The lowest BCUT2D eigenvalue weighted by atomic mass is 10.2. The maximum Gasteiger partial charge on any atom is 0.354 e. The zero-order valence-corrected chi connectivity index (χ0v) is 7.02. The van der Waals surface area contributed by atoms with Crippen LogP contribution in [0.2, 0.25) is 0 Å². The predicted octanol–water partition coefficient (Wildman–Crippen LogP) is 0.768. The Morgan fingerprint density at radius 3 is 2.54 bits per heavy atom. The van der Waals surface area contributed by atoms with Crippen molar-refractivity contribution >= 4 is 11.8 Å². The van der Waals surface area contributed by atoms with E-state index in [2.05, 4.69) is 9.97 Å². The van der Waals surface area contributed by atoms with Crippen molar-refractivity contribution in [1.82, 2.24) is 9.97 Å². The first-order chi connectivity index (χ1) is 6.15. The highest BCUT2D eigenvalue weighted by Crippen LogP contribution is 2.01. The highest BCUT2D eigenvalue weighted by molar-refractivity contribution is 5.96. The summed E-state index contributed by atoms with van der Waals surface area (Å²) < 4.78 is 0. The Balaban J connectivity index is 3.05. The molecule has 0 atom stereocenters. The molecule has 0 amide bonds. The molecule has 1 N–H and O–H groups in total. The topological polar surface area (TPSA) is 80.2 Å². The van der Waals surface area contributed by atoms with Crippen LogP contribution < -0.4 is 0 Å². The smallest absolute Gasteiger partial charge is 0.354 e. The van der Waals surface area contributed by atoms with Gasteiger partial charge in [-0.15, -0.1) is 0 Å². The van der Waals surface area contributed by atoms with Crippen molar-refractivity contribution in [2.45, 2.75) is 13.3 Å². The molecule has 5 nitrogen and oxygen atoms in total. The molecule has 1 aromatic heterocycles. The van der Waals surface area contributed by atoms with Crippen LogP contribution in [0.5, 0.6) is 0 Å². The molecule has 0 aliphatic carbocycles. The molecule has 1 aromatic rings. The molecule has 0 saturated carbocycles. The molecule has 68 valence electrons. The van der Waals surface area contributed by atoms with Crippen LogP contribution in [0.15, 0.2) is 12.4 Å². The molecule has 5 heteroatoms. The molecule has 0 aromatic carbocycles. The lowest BCUT2D eigenvalue weighted by molar-refractivity contribution is 0.0690. The van der Waals surface area contributed by atoms with Gasteiger partial charge in [-0.3, -0.25) is 4.79 Å². The van der Waals surface area contributed by atoms with E-state index in [9.17, 15) is 9.59 Å². The van der Waals surface area contributed by atoms with E-state index in [1.54, 1.807) is 6.92 Å². The van der Waals surface area contributed by atoms with Crippen molar-refractivity contribution in [3.8, 4) is 0 Å². The molecule has 0 unspecified atom stereocenters. The second-order valence-corrected chi connectivity index (χ2v) is 2.37. The fraction of sp³-hybridized carbons (Fsp3) is 0.250. The number of aromatic carboxylic acids is 1. The van der Waals surface area contributed by atoms with E-state index in [0.717, 1.165) is 6.33 Å². The van der Waals surface area contributed by atoms with Crippen molar-refractivity contribution in [2.24, 2.45) is 0 Å². The standard InChI is InChI=1S/C8H8N2O3/c1-2-7(11)5-3-6(8(12)13)10-4-9-5/h3-4H,2H2,1H3,(H,12,13). The number of ketones is 1. The van der Waals surface area contributed by atoms with Gasteiger partial charge in [0.15, 0.2) is 11.5 Å². The van der Waals surface area contributed by atoms with Gasteiger partial charge in [0, 0.05) is 12.5 Å². The first-order valence-corrected chi connectivity index (χ1v) is 3.73. The first kappa shape index (κ1) is 9.31. The minimum atomic E-state index is -1.16. The quantitative estimate of drug-likeness (QED) is 0.695. The molecule has 13 heavy (non-hydrogen) atoms. The Labute approximate surface area is 74.4 Å². The SMILES string of the molecule is CCC(=O)c1cc(C(=O)O)ncn1. The predicted molar refractivity (Wildman–Crippen MR) is 43.6 cm³/mol. The Kier molecular flexibility index (Phi) is 2.69. The van der Waals surface area contributed by atoms with Crippen molar-refractivity contribution in [2.75, 3.05) is 0 Å². The van der Waals surface area contributed by atoms with Crippen LogP contribution in [0, 0.1) is 0 Å². The summed E-state index contributed by atoms with van der Waals surface area (Å²) in [6.45, 7) is 1.69. The first-order valence-electron chi connectivity index (χ1n) is 3.73. The lowest BCUT2D eigenvalue weighted by Crippen LogP contribution is -2.06. The number of nitrogens with zero attached hydrogens (tertiary/aromatic N) is 2. The van der Waals surface area contributed by atoms with Crippen molar-refractivity contribution in [3.63, 3.8) is 0 Å². The fourth-order valence-corrected chi connectivity index (χ4v) is 0.808. The molecule has 0 fully saturated rings. The largest absolute Gasteiger partial charge is 0.477 e. The van der Waals surface area contributed by atoms with E-state index < -0.39 is 5.97 Å². The van der Waals surface area contributed by atoms with Gasteiger partial charge in [-0.1, -0.05) is 6.92 Å². The summed E-state index contributed by atoms with van der Waals surface area (Å²) in [4.78, 5) is 28.7. The number of hydrogen-bond acceptors (Lipinski definition) is 4. The number of carbonyl (C=O) groups excluding carboxylic acids is 1. The Morgan fingerprint density at radius 2 is 2.00 bits per heavy atom. The maximum atomic E-state index is 11.1. The summed E-state index contributed by atoms with van der Waals surface area (Å²) in [5.74, 6) is -1.35. The van der Waals surface area contributed by atoms with Crippen LogP contribution in [0.1, 0.15) is 34.3 Å². The Bertz CT molecular complexity index is 349. The third kappa shape index (κ3) is 2.08. The number of aromatic nitrogens is 2. The van der Waals surface area contributed by atoms with Crippen LogP contribution in [0.25, 0.3) is 0 Å². The zero-order chi connectivity index (χ0) is 9.84. The highest BCUT2D eigenvalue weighted by atomic mass is 16.4. The van der Waals surface area contributed by atoms with E-state index in [1.165, 1.54) is 6.07 Å². The zero-order valence-electron chi connectivity index (χ0n) is 7.02. The third-order valence-corrected chi connectivity index (χ3v) is 1.49. The fourth-order valence-electron chi connectivity index (χ4n) is 0.808. The van der Waals surface area contributed by atoms with Gasteiger partial charge in [-0.25, -0.2) is 14.8 Å². The van der Waals surface area contributed by atoms with Crippen molar-refractivity contribution in [1.29, 1.82) is 0 Å². The van der Waals surface area contributed by atoms with E-state index >= 15 is 0 Å². The minimum absolute atomic E-state index is 0.148. The minimum Gasteiger partial charge on any atom is -0.477 e. The number of carbonyl (C=O) groups is 2. The van der Waals surface area contributed by atoms with Crippen LogP contribution in [-0.2, 0) is 0 Å². The van der Waals surface area contributed by atoms with Gasteiger partial charge in [0.05, 0.1) is 0 Å². The van der Waals surface area contributed by atoms with Crippen LogP contribution in [0.3, 0.4) is 0 Å². The molecule has 1 rings (SSSR count). The van der Waals surface area contributed by atoms with Crippen LogP contribution >= 0.6 is 0 Å². The molecule has 0 saturated heterocycles. The summed E-state index contributed by atoms with van der Waals surface area (Å²) in [6, 6.07) is 1.17. The molecule has 0 aliphatic rings. The molecule has 0 spiro atoms. The molecular weight excluding hydrogens is 172 g/mol. The normalized spacial score (nSPS) is 9.62. The van der Waals surface area contributed by atoms with Crippen LogP contribution in [-0.4, -0.2) is 26.8 Å². The van der Waals surface area contributed by atoms with Crippen molar-refractivity contribution in [3.05, 3.63) is 23.8 Å². The Hall–Kier alpha value is -1.78. The summed E-state index contributed by atoms with van der Waals surface area (Å²) in [5.41, 5.74) is -0.0123. The number of carboxylic acids is 1. The van der Waals surface area contributed by atoms with Gasteiger partial charge in [0.1, 0.15) is 12.0 Å². The van der Waals surface area contributed by atoms with Gasteiger partial charge < -0.3 is 5.11 Å². The van der Waals surface area contributed by atoms with Gasteiger partial charge in [0.2, 0.25) is 0 Å². The van der Waals surface area contributed by atoms with Gasteiger partial charge in [0.25, 0.3) is 0 Å². The molecular formula is C8H8N2O3. The van der Waals surface area contributed by atoms with Gasteiger partial charge in [-0.05, 0) is 0 Å². The summed E-state index contributed by atoms with van der Waals surface area (Å²) in [6.07, 6.45) is 1.38.